The number of hydrogen-bond acceptors (Lipinski definition) is 3. The molecule has 0 radical (unpaired) electrons. The van der Waals surface area contributed by atoms with Crippen LogP contribution in [0.5, 0.6) is 17.2 Å². The van der Waals surface area contributed by atoms with Gasteiger partial charge in [-0.05, 0) is 61.4 Å². The SMILES string of the molecule is CC1(C)C=Cc2cc(OCc3ccc(F)c(F)c3)c(OCc3ccc(F)c(F)c3)cc2O1. The van der Waals surface area contributed by atoms with Gasteiger partial charge in [-0.25, -0.2) is 17.6 Å². The summed E-state index contributed by atoms with van der Waals surface area (Å²) in [6, 6.07) is 10.4. The molecule has 166 valence electrons. The summed E-state index contributed by atoms with van der Waals surface area (Å²) in [5, 5.41) is 0. The third-order valence-electron chi connectivity index (χ3n) is 4.87. The van der Waals surface area contributed by atoms with E-state index in [2.05, 4.69) is 0 Å². The zero-order chi connectivity index (χ0) is 22.9. The van der Waals surface area contributed by atoms with E-state index in [1.165, 1.54) is 12.1 Å². The van der Waals surface area contributed by atoms with Gasteiger partial charge in [0.15, 0.2) is 34.8 Å². The van der Waals surface area contributed by atoms with Crippen molar-refractivity contribution in [3.8, 4) is 17.2 Å². The quantitative estimate of drug-likeness (QED) is 0.402. The number of fused-ring (bicyclic) bond motifs is 1. The van der Waals surface area contributed by atoms with Crippen molar-refractivity contribution in [2.24, 2.45) is 0 Å². The van der Waals surface area contributed by atoms with Crippen LogP contribution < -0.4 is 14.2 Å². The van der Waals surface area contributed by atoms with Crippen LogP contribution in [0.4, 0.5) is 17.6 Å². The Bertz CT molecular complexity index is 1190. The number of halogens is 4. The Hall–Kier alpha value is -3.48. The largest absolute Gasteiger partial charge is 0.485 e. The highest BCUT2D eigenvalue weighted by Gasteiger charge is 2.24. The highest BCUT2D eigenvalue weighted by atomic mass is 19.2. The van der Waals surface area contributed by atoms with Crippen molar-refractivity contribution in [1.29, 1.82) is 0 Å². The van der Waals surface area contributed by atoms with E-state index in [1.807, 2.05) is 26.0 Å². The predicted octanol–water partition coefficient (Wildman–Crippen LogP) is 6.59. The average Bonchev–Trinajstić information content (AvgIpc) is 2.74. The molecule has 3 nitrogen and oxygen atoms in total. The minimum Gasteiger partial charge on any atom is -0.485 e. The molecule has 0 aromatic heterocycles. The van der Waals surface area contributed by atoms with Crippen LogP contribution in [0.2, 0.25) is 0 Å². The van der Waals surface area contributed by atoms with Gasteiger partial charge in [-0.1, -0.05) is 18.2 Å². The third kappa shape index (κ3) is 4.88. The maximum Gasteiger partial charge on any atom is 0.165 e. The van der Waals surface area contributed by atoms with Crippen LogP contribution in [-0.4, -0.2) is 5.60 Å². The Morgan fingerprint density at radius 1 is 0.719 bits per heavy atom. The monoisotopic (exact) mass is 444 g/mol. The lowest BCUT2D eigenvalue weighted by Gasteiger charge is -2.28. The minimum absolute atomic E-state index is 0.0341. The summed E-state index contributed by atoms with van der Waals surface area (Å²) in [5.41, 5.74) is 1.10. The second kappa shape index (κ2) is 8.57. The van der Waals surface area contributed by atoms with Gasteiger partial charge in [0.05, 0.1) is 0 Å². The van der Waals surface area contributed by atoms with Gasteiger partial charge in [-0.15, -0.1) is 0 Å². The summed E-state index contributed by atoms with van der Waals surface area (Å²) in [6.07, 6.45) is 3.79. The standard InChI is InChI=1S/C25H20F4O3/c1-25(2)8-7-17-11-23(30-13-15-3-5-18(26)20(28)9-15)24(12-22(17)32-25)31-14-16-4-6-19(27)21(29)10-16/h3-12H,13-14H2,1-2H3. The van der Waals surface area contributed by atoms with E-state index in [0.717, 1.165) is 29.8 Å². The number of benzene rings is 3. The first-order valence-corrected chi connectivity index (χ1v) is 9.90. The van der Waals surface area contributed by atoms with Crippen LogP contribution >= 0.6 is 0 Å². The topological polar surface area (TPSA) is 27.7 Å². The molecular weight excluding hydrogens is 424 g/mol. The fourth-order valence-corrected chi connectivity index (χ4v) is 3.19. The van der Waals surface area contributed by atoms with Crippen molar-refractivity contribution in [2.75, 3.05) is 0 Å². The molecule has 0 atom stereocenters. The number of ether oxygens (including phenoxy) is 3. The van der Waals surface area contributed by atoms with E-state index < -0.39 is 28.9 Å². The lowest BCUT2D eigenvalue weighted by atomic mass is 10.0. The molecule has 1 aliphatic heterocycles. The normalized spacial score (nSPS) is 13.9. The van der Waals surface area contributed by atoms with E-state index in [4.69, 9.17) is 14.2 Å². The minimum atomic E-state index is -0.971. The van der Waals surface area contributed by atoms with Gasteiger partial charge in [-0.3, -0.25) is 0 Å². The van der Waals surface area contributed by atoms with Crippen molar-refractivity contribution in [2.45, 2.75) is 32.7 Å². The zero-order valence-electron chi connectivity index (χ0n) is 17.4. The van der Waals surface area contributed by atoms with E-state index in [-0.39, 0.29) is 13.2 Å². The molecule has 0 aliphatic carbocycles. The first-order chi connectivity index (χ1) is 15.2. The molecule has 0 saturated carbocycles. The molecule has 0 saturated heterocycles. The summed E-state index contributed by atoms with van der Waals surface area (Å²) < 4.78 is 71.0. The Balaban J connectivity index is 1.60. The smallest absolute Gasteiger partial charge is 0.165 e. The molecule has 0 spiro atoms. The summed E-state index contributed by atoms with van der Waals surface area (Å²) in [6.45, 7) is 3.73. The van der Waals surface area contributed by atoms with Gasteiger partial charge >= 0.3 is 0 Å². The number of rotatable bonds is 6. The van der Waals surface area contributed by atoms with Crippen LogP contribution in [0.25, 0.3) is 6.08 Å². The van der Waals surface area contributed by atoms with Crippen molar-refractivity contribution in [1.82, 2.24) is 0 Å². The Morgan fingerprint density at radius 2 is 1.25 bits per heavy atom. The first-order valence-electron chi connectivity index (χ1n) is 9.90. The summed E-state index contributed by atoms with van der Waals surface area (Å²) >= 11 is 0. The van der Waals surface area contributed by atoms with E-state index in [9.17, 15) is 17.6 Å². The van der Waals surface area contributed by atoms with Gasteiger partial charge in [0.25, 0.3) is 0 Å². The van der Waals surface area contributed by atoms with Crippen LogP contribution in [0.3, 0.4) is 0 Å². The van der Waals surface area contributed by atoms with Crippen molar-refractivity contribution in [3.05, 3.63) is 94.6 Å². The molecule has 3 aromatic carbocycles. The predicted molar refractivity (Wildman–Crippen MR) is 112 cm³/mol. The molecule has 0 bridgehead atoms. The van der Waals surface area contributed by atoms with E-state index in [1.54, 1.807) is 12.1 Å². The van der Waals surface area contributed by atoms with Gasteiger partial charge < -0.3 is 14.2 Å². The molecule has 0 unspecified atom stereocenters. The maximum atomic E-state index is 13.5. The molecule has 3 aromatic rings. The molecule has 1 heterocycles. The molecule has 0 N–H and O–H groups in total. The second-order valence-corrected chi connectivity index (χ2v) is 7.95. The molecule has 32 heavy (non-hydrogen) atoms. The van der Waals surface area contributed by atoms with Crippen molar-refractivity contribution < 1.29 is 31.8 Å². The van der Waals surface area contributed by atoms with Crippen molar-refractivity contribution >= 4 is 6.08 Å². The third-order valence-corrected chi connectivity index (χ3v) is 4.87. The summed E-state index contributed by atoms with van der Waals surface area (Å²) in [5.74, 6) is -2.61. The average molecular weight is 444 g/mol. The lowest BCUT2D eigenvalue weighted by Crippen LogP contribution is -2.27. The van der Waals surface area contributed by atoms with Crippen LogP contribution in [0, 0.1) is 23.3 Å². The number of hydrogen-bond donors (Lipinski definition) is 0. The fraction of sp³-hybridized carbons (Fsp3) is 0.200. The Kier molecular flexibility index (Phi) is 5.82. The first kappa shape index (κ1) is 21.7. The van der Waals surface area contributed by atoms with Crippen LogP contribution in [-0.2, 0) is 13.2 Å². The summed E-state index contributed by atoms with van der Waals surface area (Å²) in [7, 11) is 0. The van der Waals surface area contributed by atoms with Gasteiger partial charge in [-0.2, -0.15) is 0 Å². The molecule has 1 aliphatic rings. The Labute approximate surface area is 182 Å². The molecule has 7 heteroatoms. The summed E-state index contributed by atoms with van der Waals surface area (Å²) in [4.78, 5) is 0. The zero-order valence-corrected chi connectivity index (χ0v) is 17.4. The molecule has 0 fully saturated rings. The van der Waals surface area contributed by atoms with Crippen LogP contribution in [0.15, 0.2) is 54.6 Å². The van der Waals surface area contributed by atoms with E-state index >= 15 is 0 Å². The fourth-order valence-electron chi connectivity index (χ4n) is 3.19. The van der Waals surface area contributed by atoms with Crippen LogP contribution in [0.1, 0.15) is 30.5 Å². The van der Waals surface area contributed by atoms with Gasteiger partial charge in [0.1, 0.15) is 24.6 Å². The van der Waals surface area contributed by atoms with Gasteiger partial charge in [0.2, 0.25) is 0 Å². The molecule has 0 amide bonds. The van der Waals surface area contributed by atoms with Gasteiger partial charge in [0, 0.05) is 11.6 Å². The molecule has 4 rings (SSSR count). The van der Waals surface area contributed by atoms with E-state index in [0.29, 0.717) is 28.4 Å². The highest BCUT2D eigenvalue weighted by Crippen LogP contribution is 2.40. The maximum absolute atomic E-state index is 13.5. The molecular formula is C25H20F4O3. The Morgan fingerprint density at radius 3 is 1.78 bits per heavy atom. The second-order valence-electron chi connectivity index (χ2n) is 7.95. The van der Waals surface area contributed by atoms with Crippen molar-refractivity contribution in [3.63, 3.8) is 0 Å². The highest BCUT2D eigenvalue weighted by molar-refractivity contribution is 5.66. The lowest BCUT2D eigenvalue weighted by molar-refractivity contribution is 0.157.